The van der Waals surface area contributed by atoms with Crippen molar-refractivity contribution in [1.82, 2.24) is 4.57 Å². The number of aromatic nitrogens is 1. The molecule has 17 heavy (non-hydrogen) atoms. The molecule has 1 aromatic carbocycles. The van der Waals surface area contributed by atoms with Crippen molar-refractivity contribution in [2.45, 2.75) is 33.1 Å². The molecule has 0 bridgehead atoms. The van der Waals surface area contributed by atoms with Crippen LogP contribution in [0.4, 0.5) is 0 Å². The fourth-order valence-electron chi connectivity index (χ4n) is 2.27. The van der Waals surface area contributed by atoms with Crippen LogP contribution in [-0.4, -0.2) is 4.57 Å². The minimum absolute atomic E-state index is 0.0392. The van der Waals surface area contributed by atoms with Crippen LogP contribution in [0, 0.1) is 6.92 Å². The van der Waals surface area contributed by atoms with E-state index in [9.17, 15) is 4.79 Å². The first-order valence-electron chi connectivity index (χ1n) is 5.92. The third kappa shape index (κ3) is 1.88. The van der Waals surface area contributed by atoms with E-state index in [-0.39, 0.29) is 11.0 Å². The van der Waals surface area contributed by atoms with Crippen LogP contribution in [0.1, 0.15) is 31.9 Å². The Balaban J connectivity index is 3.03. The van der Waals surface area contributed by atoms with Crippen LogP contribution in [0.25, 0.3) is 10.8 Å². The number of hydrogen-bond donors (Lipinski definition) is 0. The van der Waals surface area contributed by atoms with Crippen molar-refractivity contribution in [2.75, 3.05) is 0 Å². The van der Waals surface area contributed by atoms with Crippen molar-refractivity contribution in [3.05, 3.63) is 45.9 Å². The lowest BCUT2D eigenvalue weighted by molar-refractivity contribution is 0.587. The molecular formula is C15H19NO. The third-order valence-electron chi connectivity index (χ3n) is 3.23. The molecule has 0 saturated carbocycles. The number of hydrogen-bond acceptors (Lipinski definition) is 1. The maximum atomic E-state index is 12.2. The van der Waals surface area contributed by atoms with E-state index in [2.05, 4.69) is 20.8 Å². The molecule has 0 spiro atoms. The number of benzene rings is 1. The van der Waals surface area contributed by atoms with E-state index in [1.807, 2.05) is 38.4 Å². The van der Waals surface area contributed by atoms with Gasteiger partial charge in [-0.05, 0) is 28.9 Å². The molecule has 1 heterocycles. The zero-order valence-corrected chi connectivity index (χ0v) is 11.2. The standard InChI is InChI=1S/C15H19NO/c1-10-7-6-8-11-12(15(2,3)4)9-16(5)14(17)13(10)11/h6-9H,1-5H3. The Bertz CT molecular complexity index is 630. The van der Waals surface area contributed by atoms with Gasteiger partial charge in [0.2, 0.25) is 0 Å². The normalized spacial score (nSPS) is 12.1. The summed E-state index contributed by atoms with van der Waals surface area (Å²) in [4.78, 5) is 12.2. The minimum Gasteiger partial charge on any atom is -0.318 e. The average Bonchev–Trinajstić information content (AvgIpc) is 2.21. The van der Waals surface area contributed by atoms with Gasteiger partial charge in [-0.1, -0.05) is 39.0 Å². The van der Waals surface area contributed by atoms with E-state index >= 15 is 0 Å². The van der Waals surface area contributed by atoms with Gasteiger partial charge in [0.15, 0.2) is 0 Å². The Labute approximate surface area is 102 Å². The highest BCUT2D eigenvalue weighted by Gasteiger charge is 2.19. The molecule has 0 amide bonds. The molecule has 0 aliphatic heterocycles. The highest BCUT2D eigenvalue weighted by atomic mass is 16.1. The fraction of sp³-hybridized carbons (Fsp3) is 0.400. The van der Waals surface area contributed by atoms with Crippen molar-refractivity contribution >= 4 is 10.8 Å². The summed E-state index contributed by atoms with van der Waals surface area (Å²) in [6, 6.07) is 6.06. The van der Waals surface area contributed by atoms with Crippen LogP contribution < -0.4 is 5.56 Å². The number of aryl methyl sites for hydroxylation is 2. The van der Waals surface area contributed by atoms with Crippen molar-refractivity contribution < 1.29 is 0 Å². The van der Waals surface area contributed by atoms with Crippen LogP contribution in [0.2, 0.25) is 0 Å². The Morgan fingerprint density at radius 3 is 2.41 bits per heavy atom. The maximum Gasteiger partial charge on any atom is 0.258 e. The monoisotopic (exact) mass is 229 g/mol. The predicted molar refractivity (Wildman–Crippen MR) is 72.6 cm³/mol. The van der Waals surface area contributed by atoms with E-state index in [1.54, 1.807) is 4.57 Å². The second kappa shape index (κ2) is 3.73. The Kier molecular flexibility index (Phi) is 2.61. The van der Waals surface area contributed by atoms with Gasteiger partial charge in [0.1, 0.15) is 0 Å². The van der Waals surface area contributed by atoms with Gasteiger partial charge < -0.3 is 4.57 Å². The lowest BCUT2D eigenvalue weighted by Gasteiger charge is -2.22. The largest absolute Gasteiger partial charge is 0.318 e. The predicted octanol–water partition coefficient (Wildman–Crippen LogP) is 3.14. The first kappa shape index (κ1) is 11.9. The van der Waals surface area contributed by atoms with Gasteiger partial charge in [-0.25, -0.2) is 0 Å². The molecule has 90 valence electrons. The van der Waals surface area contributed by atoms with Crippen LogP contribution in [0.3, 0.4) is 0 Å². The van der Waals surface area contributed by atoms with E-state index in [0.717, 1.165) is 16.3 Å². The van der Waals surface area contributed by atoms with Gasteiger partial charge in [-0.3, -0.25) is 4.79 Å². The van der Waals surface area contributed by atoms with Gasteiger partial charge in [0.25, 0.3) is 5.56 Å². The van der Waals surface area contributed by atoms with Crippen molar-refractivity contribution in [3.8, 4) is 0 Å². The molecule has 2 heteroatoms. The first-order chi connectivity index (χ1) is 7.82. The Hall–Kier alpha value is -1.57. The summed E-state index contributed by atoms with van der Waals surface area (Å²) < 4.78 is 1.69. The van der Waals surface area contributed by atoms with E-state index < -0.39 is 0 Å². The summed E-state index contributed by atoms with van der Waals surface area (Å²) >= 11 is 0. The zero-order valence-electron chi connectivity index (χ0n) is 11.2. The molecule has 0 radical (unpaired) electrons. The summed E-state index contributed by atoms with van der Waals surface area (Å²) in [5.41, 5.74) is 2.40. The summed E-state index contributed by atoms with van der Waals surface area (Å²) in [7, 11) is 1.82. The van der Waals surface area contributed by atoms with E-state index in [0.29, 0.717) is 0 Å². The SMILES string of the molecule is Cc1cccc2c(C(C)(C)C)cn(C)c(=O)c12. The highest BCUT2D eigenvalue weighted by molar-refractivity contribution is 5.88. The molecule has 2 nitrogen and oxygen atoms in total. The molecule has 1 aromatic heterocycles. The maximum absolute atomic E-state index is 12.2. The topological polar surface area (TPSA) is 22.0 Å². The Morgan fingerprint density at radius 1 is 1.18 bits per heavy atom. The quantitative estimate of drug-likeness (QED) is 0.680. The first-order valence-corrected chi connectivity index (χ1v) is 5.92. The molecule has 0 aliphatic carbocycles. The van der Waals surface area contributed by atoms with Crippen molar-refractivity contribution in [1.29, 1.82) is 0 Å². The van der Waals surface area contributed by atoms with Crippen LogP contribution in [-0.2, 0) is 12.5 Å². The molecule has 2 rings (SSSR count). The minimum atomic E-state index is 0.0392. The lowest BCUT2D eigenvalue weighted by atomic mass is 9.84. The zero-order chi connectivity index (χ0) is 12.8. The molecule has 0 fully saturated rings. The van der Waals surface area contributed by atoms with Crippen LogP contribution >= 0.6 is 0 Å². The van der Waals surface area contributed by atoms with E-state index in [1.165, 1.54) is 5.56 Å². The smallest absolute Gasteiger partial charge is 0.258 e. The van der Waals surface area contributed by atoms with Gasteiger partial charge in [0, 0.05) is 13.2 Å². The van der Waals surface area contributed by atoms with Crippen LogP contribution in [0.15, 0.2) is 29.2 Å². The summed E-state index contributed by atoms with van der Waals surface area (Å²) in [5.74, 6) is 0. The lowest BCUT2D eigenvalue weighted by Crippen LogP contribution is -2.22. The molecule has 2 aromatic rings. The highest BCUT2D eigenvalue weighted by Crippen LogP contribution is 2.29. The molecule has 0 N–H and O–H groups in total. The number of pyridine rings is 1. The van der Waals surface area contributed by atoms with Gasteiger partial charge in [0.05, 0.1) is 5.39 Å². The fourth-order valence-corrected chi connectivity index (χ4v) is 2.27. The van der Waals surface area contributed by atoms with E-state index in [4.69, 9.17) is 0 Å². The molecule has 0 saturated heterocycles. The second-order valence-corrected chi connectivity index (χ2v) is 5.71. The number of fused-ring (bicyclic) bond motifs is 1. The molecule has 0 unspecified atom stereocenters. The van der Waals surface area contributed by atoms with Crippen LogP contribution in [0.5, 0.6) is 0 Å². The summed E-state index contributed by atoms with van der Waals surface area (Å²) in [5, 5.41) is 1.93. The second-order valence-electron chi connectivity index (χ2n) is 5.71. The molecule has 0 aliphatic rings. The van der Waals surface area contributed by atoms with Gasteiger partial charge in [-0.2, -0.15) is 0 Å². The third-order valence-corrected chi connectivity index (χ3v) is 3.23. The van der Waals surface area contributed by atoms with Crippen molar-refractivity contribution in [2.24, 2.45) is 7.05 Å². The van der Waals surface area contributed by atoms with Crippen molar-refractivity contribution in [3.63, 3.8) is 0 Å². The number of nitrogens with zero attached hydrogens (tertiary/aromatic N) is 1. The van der Waals surface area contributed by atoms with Gasteiger partial charge >= 0.3 is 0 Å². The Morgan fingerprint density at radius 2 is 1.82 bits per heavy atom. The van der Waals surface area contributed by atoms with Gasteiger partial charge in [-0.15, -0.1) is 0 Å². The molecular weight excluding hydrogens is 210 g/mol. The summed E-state index contributed by atoms with van der Waals surface area (Å²) in [6.45, 7) is 8.52. The number of rotatable bonds is 0. The average molecular weight is 229 g/mol. The molecule has 0 atom stereocenters. The summed E-state index contributed by atoms with van der Waals surface area (Å²) in [6.07, 6.45) is 1.96.